The zero-order valence-corrected chi connectivity index (χ0v) is 20.1. The first-order chi connectivity index (χ1) is 16.4. The highest BCUT2D eigenvalue weighted by atomic mass is 32.2. The molecule has 10 nitrogen and oxygen atoms in total. The summed E-state index contributed by atoms with van der Waals surface area (Å²) in [5.41, 5.74) is 0.316. The van der Waals surface area contributed by atoms with Crippen LogP contribution in [-0.4, -0.2) is 87.8 Å². The van der Waals surface area contributed by atoms with Crippen molar-refractivity contribution in [3.05, 3.63) is 18.2 Å². The number of carbonyl (C=O) groups is 2. The maximum absolute atomic E-state index is 13.3. The maximum atomic E-state index is 13.3. The quantitative estimate of drug-likeness (QED) is 0.623. The molecule has 0 atom stereocenters. The van der Waals surface area contributed by atoms with Gasteiger partial charge < -0.3 is 19.1 Å². The van der Waals surface area contributed by atoms with Crippen LogP contribution < -0.4 is 9.64 Å². The standard InChI is InChI=1S/C23H31N3O7S/c27-21(24-11-7-23(8-12-24)32-13-14-33-23)16-26-19-15-18(5-6-20(19)31-17-22(26)28)34(29,30)25-9-3-1-2-4-10-25/h5-6,15H,1-4,7-14,16-17H2. The van der Waals surface area contributed by atoms with Crippen molar-refractivity contribution in [2.24, 2.45) is 0 Å². The molecule has 3 fully saturated rings. The average Bonchev–Trinajstić information content (AvgIpc) is 3.11. The molecule has 0 saturated carbocycles. The Hall–Kier alpha value is -2.21. The predicted octanol–water partition coefficient (Wildman–Crippen LogP) is 1.34. The van der Waals surface area contributed by atoms with E-state index in [0.717, 1.165) is 25.7 Å². The van der Waals surface area contributed by atoms with Gasteiger partial charge in [0, 0.05) is 39.0 Å². The topological polar surface area (TPSA) is 106 Å². The fourth-order valence-electron chi connectivity index (χ4n) is 5.06. The number of nitrogens with zero attached hydrogens (tertiary/aromatic N) is 3. The summed E-state index contributed by atoms with van der Waals surface area (Å²) in [6, 6.07) is 4.55. The van der Waals surface area contributed by atoms with Gasteiger partial charge in [0.2, 0.25) is 15.9 Å². The number of amides is 2. The molecule has 0 bridgehead atoms. The highest BCUT2D eigenvalue weighted by Gasteiger charge is 2.41. The van der Waals surface area contributed by atoms with Crippen molar-refractivity contribution >= 4 is 27.5 Å². The minimum absolute atomic E-state index is 0.111. The van der Waals surface area contributed by atoms with Crippen LogP contribution in [0.3, 0.4) is 0 Å². The van der Waals surface area contributed by atoms with E-state index in [2.05, 4.69) is 0 Å². The van der Waals surface area contributed by atoms with Crippen molar-refractivity contribution in [3.63, 3.8) is 0 Å². The van der Waals surface area contributed by atoms with Gasteiger partial charge in [0.1, 0.15) is 12.3 Å². The number of likely N-dealkylation sites (tertiary alicyclic amines) is 1. The van der Waals surface area contributed by atoms with Gasteiger partial charge in [-0.2, -0.15) is 4.31 Å². The lowest BCUT2D eigenvalue weighted by molar-refractivity contribution is -0.187. The van der Waals surface area contributed by atoms with Crippen molar-refractivity contribution in [1.29, 1.82) is 0 Å². The van der Waals surface area contributed by atoms with E-state index in [9.17, 15) is 18.0 Å². The Balaban J connectivity index is 1.33. The number of sulfonamides is 1. The molecule has 0 aliphatic carbocycles. The summed E-state index contributed by atoms with van der Waals surface area (Å²) in [6.45, 7) is 2.70. The summed E-state index contributed by atoms with van der Waals surface area (Å²) < 4.78 is 45.1. The number of ether oxygens (including phenoxy) is 3. The largest absolute Gasteiger partial charge is 0.482 e. The third kappa shape index (κ3) is 4.53. The molecule has 1 aromatic rings. The van der Waals surface area contributed by atoms with Gasteiger partial charge >= 0.3 is 0 Å². The van der Waals surface area contributed by atoms with E-state index in [4.69, 9.17) is 14.2 Å². The Kier molecular flexibility index (Phi) is 6.54. The van der Waals surface area contributed by atoms with Gasteiger partial charge in [-0.3, -0.25) is 14.5 Å². The molecule has 4 aliphatic heterocycles. The summed E-state index contributed by atoms with van der Waals surface area (Å²) >= 11 is 0. The van der Waals surface area contributed by atoms with Gasteiger partial charge in [0.25, 0.3) is 5.91 Å². The molecule has 0 aromatic heterocycles. The molecule has 0 radical (unpaired) electrons. The highest BCUT2D eigenvalue weighted by Crippen LogP contribution is 2.36. The van der Waals surface area contributed by atoms with Crippen LogP contribution in [0.5, 0.6) is 5.75 Å². The number of benzene rings is 1. The minimum atomic E-state index is -3.70. The molecule has 0 N–H and O–H groups in total. The van der Waals surface area contributed by atoms with Crippen LogP contribution in [0.25, 0.3) is 0 Å². The normalized spacial score (nSPS) is 23.5. The molecular weight excluding hydrogens is 462 g/mol. The van der Waals surface area contributed by atoms with E-state index < -0.39 is 15.8 Å². The van der Waals surface area contributed by atoms with E-state index in [1.54, 1.807) is 11.0 Å². The van der Waals surface area contributed by atoms with E-state index in [0.29, 0.717) is 63.7 Å². The molecule has 11 heteroatoms. The number of hydrogen-bond donors (Lipinski definition) is 0. The molecule has 1 spiro atoms. The van der Waals surface area contributed by atoms with Crippen molar-refractivity contribution in [3.8, 4) is 5.75 Å². The third-order valence-corrected chi connectivity index (χ3v) is 8.96. The summed E-state index contributed by atoms with van der Waals surface area (Å²) in [7, 11) is -3.70. The van der Waals surface area contributed by atoms with E-state index in [1.807, 2.05) is 0 Å². The third-order valence-electron chi connectivity index (χ3n) is 7.06. The van der Waals surface area contributed by atoms with E-state index in [-0.39, 0.29) is 29.9 Å². The van der Waals surface area contributed by atoms with Gasteiger partial charge in [0.15, 0.2) is 12.4 Å². The number of hydrogen-bond acceptors (Lipinski definition) is 7. The first-order valence-electron chi connectivity index (χ1n) is 12.0. The smallest absolute Gasteiger partial charge is 0.265 e. The SMILES string of the molecule is O=C(CN1C(=O)COc2ccc(S(=O)(=O)N3CCCCCC3)cc21)N1CCC2(CC1)OCCO2. The predicted molar refractivity (Wildman–Crippen MR) is 122 cm³/mol. The minimum Gasteiger partial charge on any atom is -0.482 e. The molecule has 0 unspecified atom stereocenters. The van der Waals surface area contributed by atoms with E-state index in [1.165, 1.54) is 21.3 Å². The fraction of sp³-hybridized carbons (Fsp3) is 0.652. The molecule has 3 saturated heterocycles. The molecule has 2 amide bonds. The van der Waals surface area contributed by atoms with Crippen LogP contribution in [0.1, 0.15) is 38.5 Å². The molecular formula is C23H31N3O7S. The Bertz CT molecular complexity index is 1040. The van der Waals surface area contributed by atoms with Gasteiger partial charge in [0.05, 0.1) is 23.8 Å². The maximum Gasteiger partial charge on any atom is 0.265 e. The van der Waals surface area contributed by atoms with Gasteiger partial charge in [-0.1, -0.05) is 12.8 Å². The van der Waals surface area contributed by atoms with Gasteiger partial charge in [-0.15, -0.1) is 0 Å². The summed E-state index contributed by atoms with van der Waals surface area (Å²) in [5, 5.41) is 0. The average molecular weight is 494 g/mol. The molecule has 4 heterocycles. The van der Waals surface area contributed by atoms with Crippen molar-refractivity contribution in [2.45, 2.75) is 49.2 Å². The number of piperidine rings is 1. The molecule has 5 rings (SSSR count). The Morgan fingerprint density at radius 3 is 2.32 bits per heavy atom. The summed E-state index contributed by atoms with van der Waals surface area (Å²) in [6.07, 6.45) is 4.88. The van der Waals surface area contributed by atoms with Gasteiger partial charge in [-0.25, -0.2) is 8.42 Å². The van der Waals surface area contributed by atoms with Crippen LogP contribution in [0.2, 0.25) is 0 Å². The van der Waals surface area contributed by atoms with Crippen molar-refractivity contribution in [1.82, 2.24) is 9.21 Å². The Labute approximate surface area is 199 Å². The monoisotopic (exact) mass is 493 g/mol. The lowest BCUT2D eigenvalue weighted by Crippen LogP contribution is -2.51. The summed E-state index contributed by atoms with van der Waals surface area (Å²) in [4.78, 5) is 29.0. The second-order valence-electron chi connectivity index (χ2n) is 9.20. The molecule has 4 aliphatic rings. The van der Waals surface area contributed by atoms with Crippen molar-refractivity contribution in [2.75, 3.05) is 57.4 Å². The van der Waals surface area contributed by atoms with Crippen LogP contribution in [0.4, 0.5) is 5.69 Å². The van der Waals surface area contributed by atoms with Crippen LogP contribution in [0.15, 0.2) is 23.1 Å². The Morgan fingerprint density at radius 2 is 1.65 bits per heavy atom. The highest BCUT2D eigenvalue weighted by molar-refractivity contribution is 7.89. The van der Waals surface area contributed by atoms with E-state index >= 15 is 0 Å². The van der Waals surface area contributed by atoms with Crippen LogP contribution >= 0.6 is 0 Å². The molecule has 1 aromatic carbocycles. The number of rotatable bonds is 4. The van der Waals surface area contributed by atoms with Crippen LogP contribution in [0, 0.1) is 0 Å². The summed E-state index contributed by atoms with van der Waals surface area (Å²) in [5.74, 6) is -0.766. The zero-order chi connectivity index (χ0) is 23.8. The lowest BCUT2D eigenvalue weighted by atomic mass is 10.0. The fourth-order valence-corrected chi connectivity index (χ4v) is 6.60. The van der Waals surface area contributed by atoms with Crippen molar-refractivity contribution < 1.29 is 32.2 Å². The Morgan fingerprint density at radius 1 is 0.971 bits per heavy atom. The first kappa shape index (κ1) is 23.5. The molecule has 186 valence electrons. The molecule has 34 heavy (non-hydrogen) atoms. The second-order valence-corrected chi connectivity index (χ2v) is 11.1. The number of carbonyl (C=O) groups excluding carboxylic acids is 2. The zero-order valence-electron chi connectivity index (χ0n) is 19.2. The number of anilines is 1. The number of fused-ring (bicyclic) bond motifs is 1. The van der Waals surface area contributed by atoms with Crippen LogP contribution in [-0.2, 0) is 29.1 Å². The van der Waals surface area contributed by atoms with Gasteiger partial charge in [-0.05, 0) is 31.0 Å². The first-order valence-corrected chi connectivity index (χ1v) is 13.5. The lowest BCUT2D eigenvalue weighted by Gasteiger charge is -2.38. The second kappa shape index (κ2) is 9.44.